The summed E-state index contributed by atoms with van der Waals surface area (Å²) in [4.78, 5) is 26.2. The summed E-state index contributed by atoms with van der Waals surface area (Å²) in [6, 6.07) is 7.81. The highest BCUT2D eigenvalue weighted by Gasteiger charge is 2.43. The molecular formula is C20H29NO5. The summed E-state index contributed by atoms with van der Waals surface area (Å²) < 4.78 is 10.5. The van der Waals surface area contributed by atoms with Crippen LogP contribution in [-0.2, 0) is 20.7 Å². The van der Waals surface area contributed by atoms with E-state index in [4.69, 9.17) is 9.47 Å². The number of carbonyl (C=O) groups excluding carboxylic acids is 1. The molecule has 2 rings (SSSR count). The number of amides is 1. The minimum Gasteiger partial charge on any atom is -0.496 e. The summed E-state index contributed by atoms with van der Waals surface area (Å²) in [7, 11) is 3.14. The van der Waals surface area contributed by atoms with Gasteiger partial charge in [0.05, 0.1) is 13.7 Å². The lowest BCUT2D eigenvalue weighted by Crippen LogP contribution is -2.52. The number of methoxy groups -OCH3 is 2. The highest BCUT2D eigenvalue weighted by atomic mass is 16.5. The summed E-state index contributed by atoms with van der Waals surface area (Å²) in [5, 5.41) is 9.62. The van der Waals surface area contributed by atoms with Crippen LogP contribution in [0.2, 0.25) is 0 Å². The first-order valence-electron chi connectivity index (χ1n) is 9.04. The van der Waals surface area contributed by atoms with Crippen LogP contribution in [0.1, 0.15) is 31.7 Å². The highest BCUT2D eigenvalue weighted by Crippen LogP contribution is 2.32. The maximum atomic E-state index is 12.7. The SMILES string of the molecule is COCC1(C(=O)O)CCCN(C(=O)CC(C)Cc2ccccc2OC)C1. The van der Waals surface area contributed by atoms with Gasteiger partial charge in [0.25, 0.3) is 0 Å². The molecule has 26 heavy (non-hydrogen) atoms. The second-order valence-corrected chi connectivity index (χ2v) is 7.26. The molecule has 0 aliphatic carbocycles. The molecule has 1 heterocycles. The summed E-state index contributed by atoms with van der Waals surface area (Å²) >= 11 is 0. The quantitative estimate of drug-likeness (QED) is 0.768. The van der Waals surface area contributed by atoms with E-state index in [-0.39, 0.29) is 25.0 Å². The van der Waals surface area contributed by atoms with Gasteiger partial charge in [-0.3, -0.25) is 9.59 Å². The number of nitrogens with zero attached hydrogens (tertiary/aromatic N) is 1. The first kappa shape index (κ1) is 20.2. The molecule has 1 aliphatic heterocycles. The minimum atomic E-state index is -0.992. The van der Waals surface area contributed by atoms with Crippen LogP contribution in [0.4, 0.5) is 0 Å². The van der Waals surface area contributed by atoms with Gasteiger partial charge in [0.1, 0.15) is 11.2 Å². The van der Waals surface area contributed by atoms with E-state index in [2.05, 4.69) is 0 Å². The number of carboxylic acid groups (broad SMARTS) is 1. The lowest BCUT2D eigenvalue weighted by Gasteiger charge is -2.39. The highest BCUT2D eigenvalue weighted by molar-refractivity contribution is 5.80. The number of carboxylic acids is 1. The number of benzene rings is 1. The number of ether oxygens (including phenoxy) is 2. The third kappa shape index (κ3) is 4.75. The predicted molar refractivity (Wildman–Crippen MR) is 98.2 cm³/mol. The Bertz CT molecular complexity index is 628. The Labute approximate surface area is 155 Å². The monoisotopic (exact) mass is 363 g/mol. The van der Waals surface area contributed by atoms with Crippen LogP contribution in [0.25, 0.3) is 0 Å². The summed E-state index contributed by atoms with van der Waals surface area (Å²) in [6.45, 7) is 2.99. The molecule has 0 spiro atoms. The molecule has 0 saturated carbocycles. The topological polar surface area (TPSA) is 76.1 Å². The van der Waals surface area contributed by atoms with Gasteiger partial charge in [-0.25, -0.2) is 0 Å². The Morgan fingerprint density at radius 1 is 1.31 bits per heavy atom. The van der Waals surface area contributed by atoms with Crippen LogP contribution in [0, 0.1) is 11.3 Å². The van der Waals surface area contributed by atoms with Crippen molar-refractivity contribution in [3.8, 4) is 5.75 Å². The number of aliphatic carboxylic acids is 1. The lowest BCUT2D eigenvalue weighted by molar-refractivity contribution is -0.159. The summed E-state index contributed by atoms with van der Waals surface area (Å²) in [5.74, 6) is 0.0879. The van der Waals surface area contributed by atoms with Gasteiger partial charge in [-0.15, -0.1) is 0 Å². The van der Waals surface area contributed by atoms with Crippen LogP contribution < -0.4 is 4.74 Å². The number of piperidine rings is 1. The minimum absolute atomic E-state index is 0.00817. The first-order chi connectivity index (χ1) is 12.4. The van der Waals surface area contributed by atoms with E-state index in [1.807, 2.05) is 31.2 Å². The molecule has 0 aromatic heterocycles. The zero-order valence-electron chi connectivity index (χ0n) is 15.9. The Morgan fingerprint density at radius 2 is 2.04 bits per heavy atom. The van der Waals surface area contributed by atoms with Crippen LogP contribution in [0.3, 0.4) is 0 Å². The average molecular weight is 363 g/mol. The Morgan fingerprint density at radius 3 is 2.69 bits per heavy atom. The smallest absolute Gasteiger partial charge is 0.313 e. The molecule has 1 aromatic carbocycles. The molecule has 1 N–H and O–H groups in total. The molecule has 1 saturated heterocycles. The van der Waals surface area contributed by atoms with Gasteiger partial charge in [-0.1, -0.05) is 25.1 Å². The van der Waals surface area contributed by atoms with Crippen molar-refractivity contribution < 1.29 is 24.2 Å². The van der Waals surface area contributed by atoms with Gasteiger partial charge in [0.2, 0.25) is 5.91 Å². The Hall–Kier alpha value is -2.08. The van der Waals surface area contributed by atoms with Crippen LogP contribution in [-0.4, -0.2) is 55.8 Å². The fraction of sp³-hybridized carbons (Fsp3) is 0.600. The molecule has 1 aliphatic rings. The van der Waals surface area contributed by atoms with Crippen molar-refractivity contribution in [2.24, 2.45) is 11.3 Å². The normalized spacial score (nSPS) is 21.3. The number of likely N-dealkylation sites (tertiary alicyclic amines) is 1. The Kier molecular flexibility index (Phi) is 7.03. The fourth-order valence-corrected chi connectivity index (χ4v) is 3.72. The largest absolute Gasteiger partial charge is 0.496 e. The van der Waals surface area contributed by atoms with Crippen LogP contribution in [0.15, 0.2) is 24.3 Å². The third-order valence-electron chi connectivity index (χ3n) is 5.09. The molecule has 1 aromatic rings. The molecule has 2 unspecified atom stereocenters. The van der Waals surface area contributed by atoms with E-state index in [9.17, 15) is 14.7 Å². The van der Waals surface area contributed by atoms with Gasteiger partial charge >= 0.3 is 5.97 Å². The molecule has 2 atom stereocenters. The number of hydrogen-bond donors (Lipinski definition) is 1. The van der Waals surface area contributed by atoms with E-state index in [1.54, 1.807) is 12.0 Å². The second-order valence-electron chi connectivity index (χ2n) is 7.26. The van der Waals surface area contributed by atoms with Crippen molar-refractivity contribution in [2.75, 3.05) is 33.9 Å². The molecule has 1 amide bonds. The summed E-state index contributed by atoms with van der Waals surface area (Å²) in [5.41, 5.74) is 0.0855. The molecule has 144 valence electrons. The van der Waals surface area contributed by atoms with Crippen LogP contribution in [0.5, 0.6) is 5.75 Å². The van der Waals surface area contributed by atoms with E-state index in [1.165, 1.54) is 7.11 Å². The van der Waals surface area contributed by atoms with E-state index in [0.29, 0.717) is 25.8 Å². The predicted octanol–water partition coefficient (Wildman–Crippen LogP) is 2.60. The van der Waals surface area contributed by atoms with Gasteiger partial charge < -0.3 is 19.5 Å². The number of rotatable bonds is 8. The van der Waals surface area contributed by atoms with E-state index >= 15 is 0 Å². The maximum absolute atomic E-state index is 12.7. The van der Waals surface area contributed by atoms with E-state index in [0.717, 1.165) is 17.7 Å². The van der Waals surface area contributed by atoms with Gasteiger partial charge in [-0.05, 0) is 36.8 Å². The van der Waals surface area contributed by atoms with Crippen molar-refractivity contribution in [3.63, 3.8) is 0 Å². The van der Waals surface area contributed by atoms with Gasteiger partial charge in [0.15, 0.2) is 0 Å². The first-order valence-corrected chi connectivity index (χ1v) is 9.04. The van der Waals surface area contributed by atoms with Crippen molar-refractivity contribution in [2.45, 2.75) is 32.6 Å². The zero-order chi connectivity index (χ0) is 19.2. The van der Waals surface area contributed by atoms with Gasteiger partial charge in [-0.2, -0.15) is 0 Å². The van der Waals surface area contributed by atoms with Crippen molar-refractivity contribution >= 4 is 11.9 Å². The molecule has 0 radical (unpaired) electrons. The van der Waals surface area contributed by atoms with Gasteiger partial charge in [0, 0.05) is 26.6 Å². The number of carbonyl (C=O) groups is 2. The summed E-state index contributed by atoms with van der Waals surface area (Å²) in [6.07, 6.45) is 2.35. The van der Waals surface area contributed by atoms with Crippen LogP contribution >= 0.6 is 0 Å². The van der Waals surface area contributed by atoms with E-state index < -0.39 is 11.4 Å². The molecule has 1 fully saturated rings. The standard InChI is InChI=1S/C20H29NO5/c1-15(11-16-7-4-5-8-17(16)26-3)12-18(22)21-10-6-9-20(13-21,14-25-2)19(23)24/h4-5,7-8,15H,6,9-14H2,1-3H3,(H,23,24). The molecule has 6 heteroatoms. The molecular weight excluding hydrogens is 334 g/mol. The number of hydrogen-bond acceptors (Lipinski definition) is 4. The van der Waals surface area contributed by atoms with Crippen molar-refractivity contribution in [1.29, 1.82) is 0 Å². The molecule has 0 bridgehead atoms. The maximum Gasteiger partial charge on any atom is 0.313 e. The fourth-order valence-electron chi connectivity index (χ4n) is 3.72. The average Bonchev–Trinajstić information content (AvgIpc) is 2.62. The number of para-hydroxylation sites is 1. The van der Waals surface area contributed by atoms with Crippen molar-refractivity contribution in [1.82, 2.24) is 4.90 Å². The second kappa shape index (κ2) is 9.03. The third-order valence-corrected chi connectivity index (χ3v) is 5.09. The lowest BCUT2D eigenvalue weighted by atomic mass is 9.80. The van der Waals surface area contributed by atoms with Crippen molar-refractivity contribution in [3.05, 3.63) is 29.8 Å². The zero-order valence-corrected chi connectivity index (χ0v) is 15.9. The Balaban J connectivity index is 1.99. The molecule has 6 nitrogen and oxygen atoms in total.